The van der Waals surface area contributed by atoms with Crippen LogP contribution in [0.3, 0.4) is 0 Å². The van der Waals surface area contributed by atoms with Gasteiger partial charge in [-0.1, -0.05) is 67.5 Å². The highest BCUT2D eigenvalue weighted by molar-refractivity contribution is 7.99. The van der Waals surface area contributed by atoms with Crippen LogP contribution in [0.5, 0.6) is 0 Å². The normalized spacial score (nSPS) is 11.5. The third-order valence-electron chi connectivity index (χ3n) is 5.07. The Kier molecular flexibility index (Phi) is 7.27. The summed E-state index contributed by atoms with van der Waals surface area (Å²) < 4.78 is 2.16. The monoisotopic (exact) mass is 467 g/mol. The third-order valence-corrected chi connectivity index (χ3v) is 6.23. The van der Waals surface area contributed by atoms with E-state index in [2.05, 4.69) is 46.1 Å². The van der Waals surface area contributed by atoms with Gasteiger partial charge < -0.3 is 9.88 Å². The number of carbonyl (C=O) groups is 1. The zero-order valence-electron chi connectivity index (χ0n) is 18.2. The molecule has 8 heteroatoms. The first-order valence-electron chi connectivity index (χ1n) is 10.8. The summed E-state index contributed by atoms with van der Waals surface area (Å²) in [7, 11) is 0. The quantitative estimate of drug-likeness (QED) is 0.266. The minimum absolute atomic E-state index is 0.0930. The molecule has 0 unspecified atom stereocenters. The molecule has 32 heavy (non-hydrogen) atoms. The van der Waals surface area contributed by atoms with E-state index in [-0.39, 0.29) is 5.91 Å². The van der Waals surface area contributed by atoms with Gasteiger partial charge in [0, 0.05) is 35.7 Å². The van der Waals surface area contributed by atoms with E-state index >= 15 is 0 Å². The number of amides is 1. The van der Waals surface area contributed by atoms with Crippen molar-refractivity contribution in [2.45, 2.75) is 38.4 Å². The maximum atomic E-state index is 11.9. The van der Waals surface area contributed by atoms with Gasteiger partial charge in [-0.15, -0.1) is 10.2 Å². The fraction of sp³-hybridized carbons (Fsp3) is 0.333. The molecule has 6 nitrogen and oxygen atoms in total. The number of hydrogen-bond acceptors (Lipinski definition) is 5. The Morgan fingerprint density at radius 1 is 1.16 bits per heavy atom. The Morgan fingerprint density at radius 3 is 2.81 bits per heavy atom. The summed E-state index contributed by atoms with van der Waals surface area (Å²) in [5, 5.41) is 14.1. The number of hydrogen-bond donors (Lipinski definition) is 1. The van der Waals surface area contributed by atoms with Crippen LogP contribution in [-0.4, -0.2) is 38.0 Å². The SMILES string of the molecule is CC(C)CNC(=O)CCCSc1nnc2c3ccccc3n(Cc3cccc(Cl)c3)c2n1. The molecular formula is C24H26ClN5OS. The number of nitrogens with zero attached hydrogens (tertiary/aromatic N) is 4. The molecule has 0 spiro atoms. The van der Waals surface area contributed by atoms with E-state index in [1.807, 2.05) is 36.4 Å². The van der Waals surface area contributed by atoms with Gasteiger partial charge in [-0.25, -0.2) is 4.98 Å². The molecule has 0 saturated heterocycles. The highest BCUT2D eigenvalue weighted by Crippen LogP contribution is 2.28. The van der Waals surface area contributed by atoms with Crippen LogP contribution < -0.4 is 5.32 Å². The topological polar surface area (TPSA) is 72.7 Å². The van der Waals surface area contributed by atoms with Crippen LogP contribution in [0, 0.1) is 5.92 Å². The molecule has 0 saturated carbocycles. The zero-order chi connectivity index (χ0) is 22.5. The number of fused-ring (bicyclic) bond motifs is 3. The van der Waals surface area contributed by atoms with Gasteiger partial charge >= 0.3 is 0 Å². The van der Waals surface area contributed by atoms with Gasteiger partial charge in [0.25, 0.3) is 0 Å². The van der Waals surface area contributed by atoms with E-state index in [1.165, 1.54) is 11.8 Å². The van der Waals surface area contributed by atoms with E-state index in [9.17, 15) is 4.79 Å². The van der Waals surface area contributed by atoms with Crippen LogP contribution in [0.4, 0.5) is 0 Å². The predicted molar refractivity (Wildman–Crippen MR) is 131 cm³/mol. The van der Waals surface area contributed by atoms with Gasteiger partial charge in [-0.05, 0) is 36.1 Å². The number of halogens is 1. The summed E-state index contributed by atoms with van der Waals surface area (Å²) in [6, 6.07) is 16.0. The van der Waals surface area contributed by atoms with E-state index in [0.29, 0.717) is 35.6 Å². The second-order valence-corrected chi connectivity index (χ2v) is 9.65. The maximum Gasteiger partial charge on any atom is 0.220 e. The van der Waals surface area contributed by atoms with Crippen LogP contribution in [-0.2, 0) is 11.3 Å². The van der Waals surface area contributed by atoms with Crippen LogP contribution in [0.25, 0.3) is 22.1 Å². The molecule has 1 N–H and O–H groups in total. The van der Waals surface area contributed by atoms with Gasteiger partial charge in [0.1, 0.15) is 5.52 Å². The molecule has 4 rings (SSSR count). The zero-order valence-corrected chi connectivity index (χ0v) is 19.8. The molecule has 0 aliphatic carbocycles. The second kappa shape index (κ2) is 10.3. The van der Waals surface area contributed by atoms with Crippen molar-refractivity contribution in [1.29, 1.82) is 0 Å². The molecule has 166 valence electrons. The van der Waals surface area contributed by atoms with Crippen molar-refractivity contribution in [2.24, 2.45) is 5.92 Å². The summed E-state index contributed by atoms with van der Waals surface area (Å²) >= 11 is 7.73. The van der Waals surface area contributed by atoms with Crippen molar-refractivity contribution in [3.05, 3.63) is 59.1 Å². The first kappa shape index (κ1) is 22.6. The average molecular weight is 468 g/mol. The fourth-order valence-electron chi connectivity index (χ4n) is 3.53. The number of nitrogens with one attached hydrogen (secondary N) is 1. The summed E-state index contributed by atoms with van der Waals surface area (Å²) in [4.78, 5) is 16.7. The molecule has 0 radical (unpaired) electrons. The Bertz CT molecular complexity index is 1240. The molecule has 2 heterocycles. The van der Waals surface area contributed by atoms with E-state index in [4.69, 9.17) is 16.6 Å². The van der Waals surface area contributed by atoms with E-state index in [0.717, 1.165) is 39.8 Å². The Labute approximate surface area is 196 Å². The van der Waals surface area contributed by atoms with Crippen LogP contribution in [0.1, 0.15) is 32.3 Å². The van der Waals surface area contributed by atoms with Crippen molar-refractivity contribution in [3.63, 3.8) is 0 Å². The summed E-state index contributed by atoms with van der Waals surface area (Å²) in [5.41, 5.74) is 3.76. The minimum Gasteiger partial charge on any atom is -0.356 e. The van der Waals surface area contributed by atoms with Crippen LogP contribution in [0.15, 0.2) is 53.7 Å². The Hall–Kier alpha value is -2.64. The van der Waals surface area contributed by atoms with E-state index < -0.39 is 0 Å². The molecule has 0 bridgehead atoms. The Morgan fingerprint density at radius 2 is 2.00 bits per heavy atom. The summed E-state index contributed by atoms with van der Waals surface area (Å²) in [6.07, 6.45) is 1.27. The molecule has 0 fully saturated rings. The number of benzene rings is 2. The third kappa shape index (κ3) is 5.40. The highest BCUT2D eigenvalue weighted by Gasteiger charge is 2.15. The van der Waals surface area contributed by atoms with E-state index in [1.54, 1.807) is 0 Å². The summed E-state index contributed by atoms with van der Waals surface area (Å²) in [6.45, 7) is 5.53. The molecule has 4 aromatic rings. The smallest absolute Gasteiger partial charge is 0.220 e. The highest BCUT2D eigenvalue weighted by atomic mass is 35.5. The standard InChI is InChI=1S/C24H26ClN5OS/c1-16(2)14-26-21(31)11-6-12-32-24-27-23-22(28-29-24)19-9-3-4-10-20(19)30(23)15-17-7-5-8-18(25)13-17/h3-5,7-10,13,16H,6,11-12,14-15H2,1-2H3,(H,26,31). The van der Waals surface area contributed by atoms with Gasteiger partial charge in [-0.2, -0.15) is 0 Å². The molecular weight excluding hydrogens is 442 g/mol. The summed E-state index contributed by atoms with van der Waals surface area (Å²) in [5.74, 6) is 1.31. The van der Waals surface area contributed by atoms with Crippen LogP contribution >= 0.6 is 23.4 Å². The van der Waals surface area contributed by atoms with Crippen molar-refractivity contribution in [2.75, 3.05) is 12.3 Å². The predicted octanol–water partition coefficient (Wildman–Crippen LogP) is 5.33. The number of aromatic nitrogens is 4. The van der Waals surface area contributed by atoms with Gasteiger partial charge in [0.15, 0.2) is 5.65 Å². The first-order valence-corrected chi connectivity index (χ1v) is 12.1. The Balaban J connectivity index is 1.52. The second-order valence-electron chi connectivity index (χ2n) is 8.15. The number of para-hydroxylation sites is 1. The van der Waals surface area contributed by atoms with Crippen molar-refractivity contribution < 1.29 is 4.79 Å². The largest absolute Gasteiger partial charge is 0.356 e. The lowest BCUT2D eigenvalue weighted by atomic mass is 10.2. The number of thioether (sulfide) groups is 1. The van der Waals surface area contributed by atoms with Gasteiger partial charge in [0.2, 0.25) is 11.1 Å². The first-order chi connectivity index (χ1) is 15.5. The number of carbonyl (C=O) groups excluding carboxylic acids is 1. The molecule has 2 aromatic carbocycles. The molecule has 0 aliphatic rings. The van der Waals surface area contributed by atoms with Crippen LogP contribution in [0.2, 0.25) is 5.02 Å². The minimum atomic E-state index is 0.0930. The lowest BCUT2D eigenvalue weighted by Crippen LogP contribution is -2.27. The molecule has 2 aromatic heterocycles. The molecule has 0 atom stereocenters. The molecule has 1 amide bonds. The number of rotatable bonds is 9. The lowest BCUT2D eigenvalue weighted by molar-refractivity contribution is -0.121. The van der Waals surface area contributed by atoms with Crippen molar-refractivity contribution in [1.82, 2.24) is 25.1 Å². The lowest BCUT2D eigenvalue weighted by Gasteiger charge is -2.08. The van der Waals surface area contributed by atoms with Gasteiger partial charge in [0.05, 0.1) is 5.52 Å². The molecule has 0 aliphatic heterocycles. The fourth-order valence-corrected chi connectivity index (χ4v) is 4.46. The van der Waals surface area contributed by atoms with Crippen molar-refractivity contribution >= 4 is 51.3 Å². The average Bonchev–Trinajstić information content (AvgIpc) is 3.08. The van der Waals surface area contributed by atoms with Gasteiger partial charge in [-0.3, -0.25) is 4.79 Å². The maximum absolute atomic E-state index is 11.9. The van der Waals surface area contributed by atoms with Crippen molar-refractivity contribution in [3.8, 4) is 0 Å².